The molecule has 0 aliphatic heterocycles. The summed E-state index contributed by atoms with van der Waals surface area (Å²) in [5.41, 5.74) is 0. The van der Waals surface area contributed by atoms with Crippen molar-refractivity contribution in [3.63, 3.8) is 0 Å². The summed E-state index contributed by atoms with van der Waals surface area (Å²) >= 11 is 0. The van der Waals surface area contributed by atoms with Gasteiger partial charge >= 0.3 is 0 Å². The highest BCUT2D eigenvalue weighted by atomic mass is 32.2. The molecule has 0 radical (unpaired) electrons. The fourth-order valence-electron chi connectivity index (χ4n) is 1.84. The summed E-state index contributed by atoms with van der Waals surface area (Å²) < 4.78 is 33.6. The molecule has 2 N–H and O–H groups in total. The van der Waals surface area contributed by atoms with Crippen LogP contribution in [0.15, 0.2) is 0 Å². The quantitative estimate of drug-likeness (QED) is 0.547. The van der Waals surface area contributed by atoms with E-state index in [1.165, 1.54) is 17.1 Å². The van der Waals surface area contributed by atoms with Crippen molar-refractivity contribution >= 4 is 10.2 Å². The number of ether oxygens (including phenoxy) is 1. The lowest BCUT2D eigenvalue weighted by atomic mass is 10.1. The average Bonchev–Trinajstić information content (AvgIpc) is 3.17. The van der Waals surface area contributed by atoms with E-state index in [-0.39, 0.29) is 12.0 Å². The lowest BCUT2D eigenvalue weighted by molar-refractivity contribution is 0.156. The summed E-state index contributed by atoms with van der Waals surface area (Å²) in [5, 5.41) is 3.38. The molecule has 6 nitrogen and oxygen atoms in total. The largest absolute Gasteiger partial charge is 0.383 e. The van der Waals surface area contributed by atoms with E-state index in [1.807, 2.05) is 13.8 Å². The van der Waals surface area contributed by atoms with Crippen LogP contribution >= 0.6 is 0 Å². The molecule has 1 aliphatic rings. The summed E-state index contributed by atoms with van der Waals surface area (Å²) in [4.78, 5) is 0. The molecular weight excluding hydrogens is 278 g/mol. The molecule has 0 spiro atoms. The second-order valence-corrected chi connectivity index (χ2v) is 7.64. The Bertz CT molecular complexity index is 369. The first-order valence-electron chi connectivity index (χ1n) is 7.32. The van der Waals surface area contributed by atoms with Gasteiger partial charge in [-0.05, 0) is 31.7 Å². The Labute approximate surface area is 123 Å². The summed E-state index contributed by atoms with van der Waals surface area (Å²) in [6.45, 7) is 5.73. The van der Waals surface area contributed by atoms with Gasteiger partial charge in [0, 0.05) is 32.8 Å². The zero-order chi connectivity index (χ0) is 15.2. The van der Waals surface area contributed by atoms with Crippen LogP contribution in [-0.2, 0) is 14.9 Å². The van der Waals surface area contributed by atoms with Crippen LogP contribution in [0.4, 0.5) is 0 Å². The standard InChI is InChI=1S/C13H29N3O3S/c1-11(2)13(10-19-4)15-20(17,18)16(3)9-5-8-14-12-6-7-12/h11-15H,5-10H2,1-4H3. The van der Waals surface area contributed by atoms with Crippen molar-refractivity contribution in [2.24, 2.45) is 5.92 Å². The van der Waals surface area contributed by atoms with Gasteiger partial charge in [0.15, 0.2) is 0 Å². The van der Waals surface area contributed by atoms with E-state index in [1.54, 1.807) is 14.2 Å². The van der Waals surface area contributed by atoms with Gasteiger partial charge < -0.3 is 10.1 Å². The zero-order valence-electron chi connectivity index (χ0n) is 13.1. The number of hydrogen-bond acceptors (Lipinski definition) is 4. The third-order valence-corrected chi connectivity index (χ3v) is 5.13. The Morgan fingerprint density at radius 1 is 1.35 bits per heavy atom. The van der Waals surface area contributed by atoms with Crippen molar-refractivity contribution in [2.45, 2.75) is 45.2 Å². The van der Waals surface area contributed by atoms with E-state index >= 15 is 0 Å². The highest BCUT2D eigenvalue weighted by molar-refractivity contribution is 7.87. The predicted molar refractivity (Wildman–Crippen MR) is 80.8 cm³/mol. The Morgan fingerprint density at radius 2 is 2.00 bits per heavy atom. The zero-order valence-corrected chi connectivity index (χ0v) is 13.9. The van der Waals surface area contributed by atoms with E-state index in [2.05, 4.69) is 10.0 Å². The Hall–Kier alpha value is -0.210. The molecule has 0 aromatic rings. The van der Waals surface area contributed by atoms with E-state index in [9.17, 15) is 8.42 Å². The van der Waals surface area contributed by atoms with Gasteiger partial charge in [0.1, 0.15) is 0 Å². The van der Waals surface area contributed by atoms with Gasteiger partial charge in [-0.15, -0.1) is 0 Å². The fourth-order valence-corrected chi connectivity index (χ4v) is 3.11. The molecule has 0 heterocycles. The molecule has 1 fully saturated rings. The lowest BCUT2D eigenvalue weighted by Gasteiger charge is -2.25. The minimum Gasteiger partial charge on any atom is -0.383 e. The molecule has 1 atom stereocenters. The molecule has 20 heavy (non-hydrogen) atoms. The number of rotatable bonds is 11. The van der Waals surface area contributed by atoms with Gasteiger partial charge in [-0.3, -0.25) is 0 Å². The molecule has 0 saturated heterocycles. The van der Waals surface area contributed by atoms with Crippen molar-refractivity contribution < 1.29 is 13.2 Å². The van der Waals surface area contributed by atoms with Crippen LogP contribution in [0.5, 0.6) is 0 Å². The van der Waals surface area contributed by atoms with E-state index in [0.717, 1.165) is 13.0 Å². The molecule has 0 aromatic heterocycles. The minimum atomic E-state index is -3.44. The van der Waals surface area contributed by atoms with Crippen molar-refractivity contribution in [1.82, 2.24) is 14.3 Å². The van der Waals surface area contributed by atoms with E-state index in [4.69, 9.17) is 4.74 Å². The first-order valence-corrected chi connectivity index (χ1v) is 8.76. The monoisotopic (exact) mass is 307 g/mol. The number of hydrogen-bond donors (Lipinski definition) is 2. The second-order valence-electron chi connectivity index (χ2n) is 5.83. The van der Waals surface area contributed by atoms with E-state index in [0.29, 0.717) is 19.2 Å². The van der Waals surface area contributed by atoms with Crippen LogP contribution in [-0.4, -0.2) is 58.7 Å². The van der Waals surface area contributed by atoms with Crippen molar-refractivity contribution in [3.05, 3.63) is 0 Å². The van der Waals surface area contributed by atoms with Crippen molar-refractivity contribution in [1.29, 1.82) is 0 Å². The van der Waals surface area contributed by atoms with Crippen LogP contribution in [0.3, 0.4) is 0 Å². The Morgan fingerprint density at radius 3 is 2.50 bits per heavy atom. The maximum atomic E-state index is 12.2. The van der Waals surface area contributed by atoms with E-state index < -0.39 is 10.2 Å². The van der Waals surface area contributed by atoms with Crippen LogP contribution in [0.2, 0.25) is 0 Å². The highest BCUT2D eigenvalue weighted by Crippen LogP contribution is 2.18. The van der Waals surface area contributed by atoms with Gasteiger partial charge in [0.2, 0.25) is 0 Å². The maximum absolute atomic E-state index is 12.2. The average molecular weight is 307 g/mol. The molecule has 0 amide bonds. The predicted octanol–water partition coefficient (Wildman–Crippen LogP) is 0.566. The summed E-state index contributed by atoms with van der Waals surface area (Å²) in [6, 6.07) is 0.471. The van der Waals surface area contributed by atoms with Crippen molar-refractivity contribution in [3.8, 4) is 0 Å². The van der Waals surface area contributed by atoms with Crippen LogP contribution in [0.25, 0.3) is 0 Å². The van der Waals surface area contributed by atoms with Crippen LogP contribution in [0.1, 0.15) is 33.1 Å². The molecule has 0 bridgehead atoms. The van der Waals surface area contributed by atoms with Crippen molar-refractivity contribution in [2.75, 3.05) is 33.9 Å². The molecule has 120 valence electrons. The van der Waals surface area contributed by atoms with Gasteiger partial charge in [0.05, 0.1) is 6.61 Å². The number of nitrogens with zero attached hydrogens (tertiary/aromatic N) is 1. The van der Waals surface area contributed by atoms with Gasteiger partial charge in [-0.25, -0.2) is 0 Å². The maximum Gasteiger partial charge on any atom is 0.279 e. The Kier molecular flexibility index (Phi) is 7.39. The van der Waals surface area contributed by atoms with Gasteiger partial charge in [-0.2, -0.15) is 17.4 Å². The van der Waals surface area contributed by atoms with Gasteiger partial charge in [-0.1, -0.05) is 13.8 Å². The summed E-state index contributed by atoms with van der Waals surface area (Å²) in [7, 11) is -0.241. The highest BCUT2D eigenvalue weighted by Gasteiger charge is 2.24. The normalized spacial score (nSPS) is 17.9. The summed E-state index contributed by atoms with van der Waals surface area (Å²) in [5.74, 6) is 0.189. The third kappa shape index (κ3) is 6.49. The SMILES string of the molecule is COCC(NS(=O)(=O)N(C)CCCNC1CC1)C(C)C. The van der Waals surface area contributed by atoms with Crippen LogP contribution in [0, 0.1) is 5.92 Å². The topological polar surface area (TPSA) is 70.7 Å². The molecule has 1 rings (SSSR count). The molecule has 7 heteroatoms. The summed E-state index contributed by atoms with van der Waals surface area (Å²) in [6.07, 6.45) is 3.33. The molecular formula is C13H29N3O3S. The second kappa shape index (κ2) is 8.29. The number of nitrogens with one attached hydrogen (secondary N) is 2. The smallest absolute Gasteiger partial charge is 0.279 e. The molecule has 1 aliphatic carbocycles. The minimum absolute atomic E-state index is 0.189. The first kappa shape index (κ1) is 17.8. The van der Waals surface area contributed by atoms with Gasteiger partial charge in [0.25, 0.3) is 10.2 Å². The fraction of sp³-hybridized carbons (Fsp3) is 1.00. The molecule has 1 saturated carbocycles. The molecule has 0 aromatic carbocycles. The third-order valence-electron chi connectivity index (χ3n) is 3.52. The number of methoxy groups -OCH3 is 1. The van der Waals surface area contributed by atoms with Crippen LogP contribution < -0.4 is 10.0 Å². The first-order chi connectivity index (χ1) is 9.36. The Balaban J connectivity index is 2.35. The molecule has 1 unspecified atom stereocenters. The lowest BCUT2D eigenvalue weighted by Crippen LogP contribution is -2.48.